The maximum atomic E-state index is 11.9. The number of hydrogen-bond donors (Lipinski definition) is 4. The topological polar surface area (TPSA) is 120 Å². The number of aryl methyl sites for hydroxylation is 1. The van der Waals surface area contributed by atoms with E-state index in [-0.39, 0.29) is 28.5 Å². The summed E-state index contributed by atoms with van der Waals surface area (Å²) in [5.41, 5.74) is 0.145. The highest BCUT2D eigenvalue weighted by molar-refractivity contribution is 7.13. The SMILES string of the molecule is Cc1nc(CNC(=O)c2c(O)cccc2O)sc1C(=O)O. The second kappa shape index (κ2) is 5.80. The van der Waals surface area contributed by atoms with E-state index in [1.807, 2.05) is 0 Å². The number of aromatic carboxylic acids is 1. The number of nitrogens with zero attached hydrogens (tertiary/aromatic N) is 1. The third-order valence-electron chi connectivity index (χ3n) is 2.68. The first-order valence-corrected chi connectivity index (χ1v) is 6.70. The van der Waals surface area contributed by atoms with Gasteiger partial charge in [-0.05, 0) is 19.1 Å². The summed E-state index contributed by atoms with van der Waals surface area (Å²) in [4.78, 5) is 27.0. The predicted octanol–water partition coefficient (Wildman–Crippen LogP) is 1.49. The summed E-state index contributed by atoms with van der Waals surface area (Å²) < 4.78 is 0. The third-order valence-corrected chi connectivity index (χ3v) is 3.83. The lowest BCUT2D eigenvalue weighted by molar-refractivity contribution is 0.0700. The molecule has 1 aromatic carbocycles. The van der Waals surface area contributed by atoms with Crippen molar-refractivity contribution in [1.82, 2.24) is 10.3 Å². The van der Waals surface area contributed by atoms with Crippen molar-refractivity contribution in [3.63, 3.8) is 0 Å². The summed E-state index contributed by atoms with van der Waals surface area (Å²) in [7, 11) is 0. The zero-order valence-electron chi connectivity index (χ0n) is 11.0. The second-order valence-corrected chi connectivity index (χ2v) is 5.26. The van der Waals surface area contributed by atoms with Crippen molar-refractivity contribution in [3.05, 3.63) is 39.3 Å². The smallest absolute Gasteiger partial charge is 0.347 e. The Kier molecular flexibility index (Phi) is 4.08. The van der Waals surface area contributed by atoms with Gasteiger partial charge in [-0.3, -0.25) is 4.79 Å². The number of carbonyl (C=O) groups is 2. The van der Waals surface area contributed by atoms with Crippen LogP contribution in [0.4, 0.5) is 0 Å². The van der Waals surface area contributed by atoms with Crippen molar-refractivity contribution in [2.45, 2.75) is 13.5 Å². The molecule has 8 heteroatoms. The maximum Gasteiger partial charge on any atom is 0.347 e. The Morgan fingerprint density at radius 3 is 2.43 bits per heavy atom. The Bertz CT molecular complexity index is 690. The summed E-state index contributed by atoms with van der Waals surface area (Å²) in [6, 6.07) is 3.97. The quantitative estimate of drug-likeness (QED) is 0.679. The lowest BCUT2D eigenvalue weighted by Crippen LogP contribution is -2.22. The van der Waals surface area contributed by atoms with Crippen LogP contribution in [0.5, 0.6) is 11.5 Å². The van der Waals surface area contributed by atoms with E-state index in [4.69, 9.17) is 5.11 Å². The monoisotopic (exact) mass is 308 g/mol. The van der Waals surface area contributed by atoms with Gasteiger partial charge in [0.2, 0.25) is 0 Å². The summed E-state index contributed by atoms with van der Waals surface area (Å²) in [6.07, 6.45) is 0. The number of thiazole rings is 1. The number of hydrogen-bond acceptors (Lipinski definition) is 6. The molecule has 0 unspecified atom stereocenters. The lowest BCUT2D eigenvalue weighted by Gasteiger charge is -2.07. The van der Waals surface area contributed by atoms with E-state index in [9.17, 15) is 19.8 Å². The molecule has 0 saturated heterocycles. The van der Waals surface area contributed by atoms with Crippen LogP contribution in [0.3, 0.4) is 0 Å². The van der Waals surface area contributed by atoms with E-state index in [2.05, 4.69) is 10.3 Å². The molecule has 0 aliphatic carbocycles. The summed E-state index contributed by atoms with van der Waals surface area (Å²) >= 11 is 0.963. The molecule has 110 valence electrons. The minimum Gasteiger partial charge on any atom is -0.507 e. The molecule has 7 nitrogen and oxygen atoms in total. The minimum atomic E-state index is -1.07. The fourth-order valence-corrected chi connectivity index (χ4v) is 2.57. The number of carboxylic acids is 1. The highest BCUT2D eigenvalue weighted by Gasteiger charge is 2.18. The number of nitrogens with one attached hydrogen (secondary N) is 1. The van der Waals surface area contributed by atoms with E-state index in [0.717, 1.165) is 11.3 Å². The van der Waals surface area contributed by atoms with Gasteiger partial charge < -0.3 is 20.6 Å². The fourth-order valence-electron chi connectivity index (χ4n) is 1.73. The Morgan fingerprint density at radius 2 is 1.90 bits per heavy atom. The molecule has 0 bridgehead atoms. The van der Waals surface area contributed by atoms with Crippen LogP contribution in [0.1, 0.15) is 30.7 Å². The van der Waals surface area contributed by atoms with E-state index in [0.29, 0.717) is 10.7 Å². The van der Waals surface area contributed by atoms with Gasteiger partial charge in [-0.25, -0.2) is 9.78 Å². The van der Waals surface area contributed by atoms with E-state index >= 15 is 0 Å². The first-order valence-electron chi connectivity index (χ1n) is 5.89. The molecule has 0 atom stereocenters. The first-order chi connectivity index (χ1) is 9.90. The van der Waals surface area contributed by atoms with Gasteiger partial charge in [-0.15, -0.1) is 11.3 Å². The number of amides is 1. The molecule has 0 spiro atoms. The molecule has 0 saturated carbocycles. The predicted molar refractivity (Wildman–Crippen MR) is 74.8 cm³/mol. The van der Waals surface area contributed by atoms with Gasteiger partial charge in [0.15, 0.2) is 0 Å². The number of aromatic hydroxyl groups is 2. The largest absolute Gasteiger partial charge is 0.507 e. The first kappa shape index (κ1) is 14.8. The van der Waals surface area contributed by atoms with Crippen LogP contribution < -0.4 is 5.32 Å². The van der Waals surface area contributed by atoms with Gasteiger partial charge >= 0.3 is 5.97 Å². The normalized spacial score (nSPS) is 10.3. The van der Waals surface area contributed by atoms with Gasteiger partial charge in [-0.2, -0.15) is 0 Å². The zero-order valence-corrected chi connectivity index (χ0v) is 11.8. The number of benzene rings is 1. The van der Waals surface area contributed by atoms with Crippen molar-refractivity contribution in [2.24, 2.45) is 0 Å². The van der Waals surface area contributed by atoms with Gasteiger partial charge in [0, 0.05) is 0 Å². The van der Waals surface area contributed by atoms with Crippen molar-refractivity contribution in [1.29, 1.82) is 0 Å². The van der Waals surface area contributed by atoms with Gasteiger partial charge in [-0.1, -0.05) is 6.07 Å². The number of carbonyl (C=O) groups excluding carboxylic acids is 1. The Hall–Kier alpha value is -2.61. The van der Waals surface area contributed by atoms with Crippen LogP contribution in [-0.2, 0) is 6.54 Å². The number of rotatable bonds is 4. The Labute approximate surface area is 123 Å². The molecule has 21 heavy (non-hydrogen) atoms. The van der Waals surface area contributed by atoms with Crippen molar-refractivity contribution in [2.75, 3.05) is 0 Å². The molecule has 4 N–H and O–H groups in total. The molecular weight excluding hydrogens is 296 g/mol. The molecule has 1 heterocycles. The third kappa shape index (κ3) is 3.11. The fraction of sp³-hybridized carbons (Fsp3) is 0.154. The number of phenols is 2. The van der Waals surface area contributed by atoms with Crippen LogP contribution >= 0.6 is 11.3 Å². The van der Waals surface area contributed by atoms with Crippen LogP contribution in [0, 0.1) is 6.92 Å². The number of aromatic nitrogens is 1. The van der Waals surface area contributed by atoms with Crippen molar-refractivity contribution >= 4 is 23.2 Å². The molecule has 2 rings (SSSR count). The average molecular weight is 308 g/mol. The molecule has 1 aromatic heterocycles. The molecule has 0 aliphatic rings. The molecule has 0 fully saturated rings. The van der Waals surface area contributed by atoms with Crippen LogP contribution in [0.2, 0.25) is 0 Å². The lowest BCUT2D eigenvalue weighted by atomic mass is 10.1. The average Bonchev–Trinajstić information content (AvgIpc) is 2.77. The van der Waals surface area contributed by atoms with E-state index in [1.165, 1.54) is 18.2 Å². The summed E-state index contributed by atoms with van der Waals surface area (Å²) in [5.74, 6) is -2.42. The highest BCUT2D eigenvalue weighted by Crippen LogP contribution is 2.26. The van der Waals surface area contributed by atoms with Crippen molar-refractivity contribution < 1.29 is 24.9 Å². The Morgan fingerprint density at radius 1 is 1.29 bits per heavy atom. The van der Waals surface area contributed by atoms with Crippen molar-refractivity contribution in [3.8, 4) is 11.5 Å². The molecular formula is C13H12N2O5S. The van der Waals surface area contributed by atoms with Crippen LogP contribution in [0.25, 0.3) is 0 Å². The van der Waals surface area contributed by atoms with E-state index in [1.54, 1.807) is 6.92 Å². The van der Waals surface area contributed by atoms with Crippen LogP contribution in [-0.4, -0.2) is 32.2 Å². The Balaban J connectivity index is 2.11. The molecule has 0 radical (unpaired) electrons. The van der Waals surface area contributed by atoms with Crippen LogP contribution in [0.15, 0.2) is 18.2 Å². The minimum absolute atomic E-state index is 0.00535. The highest BCUT2D eigenvalue weighted by atomic mass is 32.1. The standard InChI is InChI=1S/C13H12N2O5S/c1-6-11(13(19)20)21-9(15-6)5-14-12(18)10-7(16)3-2-4-8(10)17/h2-4,16-17H,5H2,1H3,(H,14,18)(H,19,20). The second-order valence-electron chi connectivity index (χ2n) is 4.18. The zero-order chi connectivity index (χ0) is 15.6. The van der Waals surface area contributed by atoms with Gasteiger partial charge in [0.1, 0.15) is 26.9 Å². The maximum absolute atomic E-state index is 11.9. The number of carboxylic acid groups (broad SMARTS) is 1. The van der Waals surface area contributed by atoms with Gasteiger partial charge in [0.25, 0.3) is 5.91 Å². The number of phenolic OH excluding ortho intramolecular Hbond substituents is 2. The summed E-state index contributed by atoms with van der Waals surface area (Å²) in [5, 5.41) is 31.0. The van der Waals surface area contributed by atoms with E-state index < -0.39 is 11.9 Å². The summed E-state index contributed by atoms with van der Waals surface area (Å²) in [6.45, 7) is 1.57. The van der Waals surface area contributed by atoms with Gasteiger partial charge in [0.05, 0.1) is 12.2 Å². The molecule has 0 aliphatic heterocycles. The molecule has 2 aromatic rings. The molecule has 1 amide bonds.